The van der Waals surface area contributed by atoms with Gasteiger partial charge in [-0.1, -0.05) is 0 Å². The fourth-order valence-electron chi connectivity index (χ4n) is 3.27. The lowest BCUT2D eigenvalue weighted by atomic mass is 10.1. The number of carbonyl (C=O) groups is 3. The van der Waals surface area contributed by atoms with Gasteiger partial charge in [0.15, 0.2) is 0 Å². The SMILES string of the molecule is O=C(CCC(=O)C(=O)O)OCCOCCOCCOCCOCCOCCOCCOCCOC1CCNCC1. The lowest BCUT2D eigenvalue weighted by molar-refractivity contribution is -0.151. The van der Waals surface area contributed by atoms with Crippen LogP contribution in [0.5, 0.6) is 0 Å². The van der Waals surface area contributed by atoms with Crippen LogP contribution in [0.1, 0.15) is 25.7 Å². The van der Waals surface area contributed by atoms with Crippen LogP contribution in [0, 0.1) is 0 Å². The summed E-state index contributed by atoms with van der Waals surface area (Å²) in [5, 5.41) is 11.7. The molecular weight excluding hydrogens is 534 g/mol. The van der Waals surface area contributed by atoms with Crippen molar-refractivity contribution in [3.63, 3.8) is 0 Å². The van der Waals surface area contributed by atoms with Gasteiger partial charge in [0, 0.05) is 6.42 Å². The largest absolute Gasteiger partial charge is 0.476 e. The summed E-state index contributed by atoms with van der Waals surface area (Å²) in [4.78, 5) is 32.6. The first-order valence-electron chi connectivity index (χ1n) is 13.9. The quantitative estimate of drug-likeness (QED) is 0.0680. The molecule has 1 aliphatic heterocycles. The van der Waals surface area contributed by atoms with Gasteiger partial charge in [0.25, 0.3) is 0 Å². The van der Waals surface area contributed by atoms with Crippen LogP contribution in [-0.4, -0.2) is 148 Å². The highest BCUT2D eigenvalue weighted by molar-refractivity contribution is 6.32. The Morgan fingerprint density at radius 2 is 0.925 bits per heavy atom. The van der Waals surface area contributed by atoms with Crippen LogP contribution >= 0.6 is 0 Å². The number of ketones is 1. The van der Waals surface area contributed by atoms with Gasteiger partial charge in [0.05, 0.1) is 112 Å². The Labute approximate surface area is 236 Å². The van der Waals surface area contributed by atoms with Crippen molar-refractivity contribution >= 4 is 17.7 Å². The highest BCUT2D eigenvalue weighted by Crippen LogP contribution is 2.06. The van der Waals surface area contributed by atoms with Crippen molar-refractivity contribution in [3.05, 3.63) is 0 Å². The fourth-order valence-corrected chi connectivity index (χ4v) is 3.27. The summed E-state index contributed by atoms with van der Waals surface area (Å²) in [5.41, 5.74) is 0. The molecule has 1 aliphatic rings. The van der Waals surface area contributed by atoms with Crippen molar-refractivity contribution in [3.8, 4) is 0 Å². The van der Waals surface area contributed by atoms with Gasteiger partial charge >= 0.3 is 11.9 Å². The van der Waals surface area contributed by atoms with Crippen LogP contribution in [0.4, 0.5) is 0 Å². The normalized spacial score (nSPS) is 13.9. The topological polar surface area (TPSA) is 167 Å². The fraction of sp³-hybridized carbons (Fsp3) is 0.885. The molecule has 1 fully saturated rings. The van der Waals surface area contributed by atoms with E-state index in [-0.39, 0.29) is 26.1 Å². The molecule has 40 heavy (non-hydrogen) atoms. The first-order chi connectivity index (χ1) is 19.6. The van der Waals surface area contributed by atoms with E-state index in [0.717, 1.165) is 25.9 Å². The maximum atomic E-state index is 11.3. The minimum absolute atomic E-state index is 0.0208. The van der Waals surface area contributed by atoms with Crippen molar-refractivity contribution in [2.24, 2.45) is 0 Å². The molecule has 234 valence electrons. The third-order valence-electron chi connectivity index (χ3n) is 5.38. The number of piperidine rings is 1. The lowest BCUT2D eigenvalue weighted by Crippen LogP contribution is -2.33. The number of hydrogen-bond donors (Lipinski definition) is 2. The highest BCUT2D eigenvalue weighted by atomic mass is 16.6. The number of esters is 1. The summed E-state index contributed by atoms with van der Waals surface area (Å²) in [7, 11) is 0. The maximum Gasteiger partial charge on any atom is 0.372 e. The molecule has 14 nitrogen and oxygen atoms in total. The second-order valence-electron chi connectivity index (χ2n) is 8.56. The standard InChI is InChI=1S/C26H47NO13/c28-24(26(30)31)1-2-25(29)40-22-20-38-18-16-36-14-12-34-10-8-32-7-9-33-11-13-35-15-17-37-19-21-39-23-3-5-27-6-4-23/h23,27H,1-22H2,(H,30,31). The molecule has 0 aromatic rings. The second kappa shape index (κ2) is 27.4. The van der Waals surface area contributed by atoms with Gasteiger partial charge in [0.2, 0.25) is 5.78 Å². The zero-order valence-electron chi connectivity index (χ0n) is 23.5. The molecule has 2 N–H and O–H groups in total. The van der Waals surface area contributed by atoms with E-state index in [1.807, 2.05) is 0 Å². The van der Waals surface area contributed by atoms with E-state index in [2.05, 4.69) is 5.32 Å². The van der Waals surface area contributed by atoms with Gasteiger partial charge in [-0.25, -0.2) is 4.79 Å². The van der Waals surface area contributed by atoms with Crippen molar-refractivity contribution < 1.29 is 62.1 Å². The zero-order valence-corrected chi connectivity index (χ0v) is 23.5. The van der Waals surface area contributed by atoms with E-state index in [4.69, 9.17) is 47.7 Å². The number of carboxylic acids is 1. The van der Waals surface area contributed by atoms with Crippen molar-refractivity contribution in [1.29, 1.82) is 0 Å². The van der Waals surface area contributed by atoms with Crippen molar-refractivity contribution in [1.82, 2.24) is 5.32 Å². The Bertz CT molecular complexity index is 632. The first-order valence-corrected chi connectivity index (χ1v) is 13.9. The van der Waals surface area contributed by atoms with Crippen LogP contribution < -0.4 is 5.32 Å². The first kappa shape index (κ1) is 36.3. The number of carbonyl (C=O) groups excluding carboxylic acids is 2. The van der Waals surface area contributed by atoms with E-state index in [1.54, 1.807) is 0 Å². The Kier molecular flexibility index (Phi) is 24.9. The Morgan fingerprint density at radius 1 is 0.550 bits per heavy atom. The van der Waals surface area contributed by atoms with Crippen LogP contribution in [0.2, 0.25) is 0 Å². The van der Waals surface area contributed by atoms with Gasteiger partial charge in [-0.05, 0) is 25.9 Å². The molecule has 0 spiro atoms. The minimum atomic E-state index is -1.56. The third kappa shape index (κ3) is 24.1. The average molecular weight is 582 g/mol. The van der Waals surface area contributed by atoms with Gasteiger partial charge < -0.3 is 53.1 Å². The van der Waals surface area contributed by atoms with E-state index in [1.165, 1.54) is 0 Å². The van der Waals surface area contributed by atoms with E-state index in [9.17, 15) is 14.4 Å². The Morgan fingerprint density at radius 3 is 1.32 bits per heavy atom. The summed E-state index contributed by atoms with van der Waals surface area (Å²) < 4.78 is 48.4. The van der Waals surface area contributed by atoms with Gasteiger partial charge in [-0.15, -0.1) is 0 Å². The number of aliphatic carboxylic acids is 1. The number of nitrogens with one attached hydrogen (secondary N) is 1. The molecule has 0 bridgehead atoms. The molecule has 1 saturated heterocycles. The maximum absolute atomic E-state index is 11.3. The van der Waals surface area contributed by atoms with Gasteiger partial charge in [-0.2, -0.15) is 0 Å². The molecule has 0 unspecified atom stereocenters. The molecular formula is C26H47NO13. The Hall–Kier alpha value is -1.75. The second-order valence-corrected chi connectivity index (χ2v) is 8.56. The van der Waals surface area contributed by atoms with E-state index >= 15 is 0 Å². The minimum Gasteiger partial charge on any atom is -0.476 e. The van der Waals surface area contributed by atoms with E-state index < -0.39 is 17.7 Å². The van der Waals surface area contributed by atoms with Crippen LogP contribution in [0.15, 0.2) is 0 Å². The summed E-state index contributed by atoms with van der Waals surface area (Å²) in [6, 6.07) is 0. The predicted molar refractivity (Wildman–Crippen MR) is 140 cm³/mol. The predicted octanol–water partition coefficient (Wildman–Crippen LogP) is -0.152. The van der Waals surface area contributed by atoms with Crippen LogP contribution in [-0.2, 0) is 57.0 Å². The zero-order chi connectivity index (χ0) is 28.9. The monoisotopic (exact) mass is 581 g/mol. The van der Waals surface area contributed by atoms with Crippen LogP contribution in [0.25, 0.3) is 0 Å². The molecule has 0 atom stereocenters. The molecule has 0 aromatic heterocycles. The van der Waals surface area contributed by atoms with Gasteiger partial charge in [-0.3, -0.25) is 9.59 Å². The molecule has 0 aromatic carbocycles. The molecule has 0 saturated carbocycles. The number of Topliss-reactive ketones (excluding diaryl/α,β-unsaturated/α-hetero) is 1. The molecule has 0 radical (unpaired) electrons. The number of hydrogen-bond acceptors (Lipinski definition) is 13. The van der Waals surface area contributed by atoms with Gasteiger partial charge in [0.1, 0.15) is 6.61 Å². The lowest BCUT2D eigenvalue weighted by Gasteiger charge is -2.22. The molecule has 0 aliphatic carbocycles. The third-order valence-corrected chi connectivity index (χ3v) is 5.38. The van der Waals surface area contributed by atoms with Crippen molar-refractivity contribution in [2.75, 3.05) is 119 Å². The molecule has 1 heterocycles. The molecule has 1 rings (SSSR count). The summed E-state index contributed by atoms with van der Waals surface area (Å²) in [6.07, 6.45) is 1.84. The van der Waals surface area contributed by atoms with Crippen LogP contribution in [0.3, 0.4) is 0 Å². The molecule has 0 amide bonds. The summed E-state index contributed by atoms with van der Waals surface area (Å²) in [5.74, 6) is -3.22. The average Bonchev–Trinajstić information content (AvgIpc) is 2.96. The number of ether oxygens (including phenoxy) is 9. The van der Waals surface area contributed by atoms with Crippen molar-refractivity contribution in [2.45, 2.75) is 31.8 Å². The summed E-state index contributed by atoms with van der Waals surface area (Å²) >= 11 is 0. The Balaban J connectivity index is 1.66. The molecule has 14 heteroatoms. The number of carboxylic acid groups (broad SMARTS) is 1. The number of rotatable bonds is 29. The smallest absolute Gasteiger partial charge is 0.372 e. The van der Waals surface area contributed by atoms with E-state index in [0.29, 0.717) is 98.6 Å². The highest BCUT2D eigenvalue weighted by Gasteiger charge is 2.14. The summed E-state index contributed by atoms with van der Waals surface area (Å²) in [6.45, 7) is 8.96.